The van der Waals surface area contributed by atoms with Gasteiger partial charge in [-0.1, -0.05) is 107 Å². The number of benzene rings is 6. The van der Waals surface area contributed by atoms with Crippen molar-refractivity contribution >= 4 is 32.3 Å². The number of aryl methyl sites for hydroxylation is 6. The Morgan fingerprint density at radius 3 is 1.33 bits per heavy atom. The van der Waals surface area contributed by atoms with Crippen LogP contribution >= 0.6 is 0 Å². The van der Waals surface area contributed by atoms with E-state index < -0.39 is 0 Å². The number of hydrogen-bond acceptors (Lipinski definition) is 0. The molecule has 0 nitrogen and oxygen atoms in total. The molecule has 0 unspecified atom stereocenters. The monoisotopic (exact) mass is 566 g/mol. The summed E-state index contributed by atoms with van der Waals surface area (Å²) >= 11 is 0. The second kappa shape index (κ2) is 10.8. The van der Waals surface area contributed by atoms with Gasteiger partial charge in [0.25, 0.3) is 0 Å². The molecule has 0 aromatic heterocycles. The third-order valence-corrected chi connectivity index (χ3v) is 9.40. The van der Waals surface area contributed by atoms with Gasteiger partial charge in [0, 0.05) is 0 Å². The molecule has 0 heterocycles. The summed E-state index contributed by atoms with van der Waals surface area (Å²) in [6, 6.07) is 26.0. The highest BCUT2D eigenvalue weighted by molar-refractivity contribution is 6.26. The fourth-order valence-corrected chi connectivity index (χ4v) is 6.85. The Morgan fingerprint density at radius 1 is 0.419 bits per heavy atom. The van der Waals surface area contributed by atoms with E-state index in [2.05, 4.69) is 157 Å². The average molecular weight is 567 g/mol. The maximum absolute atomic E-state index is 2.47. The van der Waals surface area contributed by atoms with E-state index in [0.29, 0.717) is 0 Å². The normalized spacial score (nSPS) is 12.3. The second-order valence-corrected chi connectivity index (χ2v) is 15.2. The zero-order valence-electron chi connectivity index (χ0n) is 28.9. The van der Waals surface area contributed by atoms with Crippen molar-refractivity contribution in [2.24, 2.45) is 0 Å². The summed E-state index contributed by atoms with van der Waals surface area (Å²) in [4.78, 5) is 0. The van der Waals surface area contributed by atoms with Crippen LogP contribution in [-0.4, -0.2) is 0 Å². The first-order valence-electron chi connectivity index (χ1n) is 15.9. The van der Waals surface area contributed by atoms with Crippen LogP contribution in [0.2, 0.25) is 0 Å². The molecular formula is C43H50. The molecule has 6 aromatic rings. The molecule has 43 heavy (non-hydrogen) atoms. The fourth-order valence-electron chi connectivity index (χ4n) is 6.85. The van der Waals surface area contributed by atoms with Crippen LogP contribution in [0.15, 0.2) is 66.7 Å². The molecular weight excluding hydrogens is 516 g/mol. The van der Waals surface area contributed by atoms with Gasteiger partial charge in [-0.25, -0.2) is 0 Å². The highest BCUT2D eigenvalue weighted by Gasteiger charge is 2.22. The third kappa shape index (κ3) is 5.82. The average Bonchev–Trinajstić information content (AvgIpc) is 2.89. The van der Waals surface area contributed by atoms with Crippen molar-refractivity contribution in [3.05, 3.63) is 117 Å². The van der Waals surface area contributed by atoms with Crippen LogP contribution < -0.4 is 0 Å². The maximum Gasteiger partial charge on any atom is -0.00204 e. The van der Waals surface area contributed by atoms with Crippen molar-refractivity contribution in [3.8, 4) is 11.1 Å². The van der Waals surface area contributed by atoms with Gasteiger partial charge in [-0.3, -0.25) is 0 Å². The first kappa shape index (κ1) is 30.8. The molecule has 0 saturated heterocycles. The molecule has 0 spiro atoms. The van der Waals surface area contributed by atoms with Gasteiger partial charge in [-0.2, -0.15) is 0 Å². The summed E-state index contributed by atoms with van der Waals surface area (Å²) in [6.07, 6.45) is 0. The Balaban J connectivity index is 0.000000314. The van der Waals surface area contributed by atoms with Crippen LogP contribution in [0.4, 0.5) is 0 Å². The van der Waals surface area contributed by atoms with E-state index in [1.54, 1.807) is 0 Å². The minimum atomic E-state index is 0.0957. The van der Waals surface area contributed by atoms with Crippen molar-refractivity contribution in [1.82, 2.24) is 0 Å². The molecule has 0 aliphatic heterocycles. The molecule has 0 aliphatic carbocycles. The molecule has 6 aromatic carbocycles. The first-order chi connectivity index (χ1) is 20.0. The minimum Gasteiger partial charge on any atom is -0.0561 e. The van der Waals surface area contributed by atoms with Crippen LogP contribution in [0.1, 0.15) is 91.6 Å². The van der Waals surface area contributed by atoms with Crippen LogP contribution in [0.5, 0.6) is 0 Å². The van der Waals surface area contributed by atoms with E-state index in [4.69, 9.17) is 0 Å². The highest BCUT2D eigenvalue weighted by atomic mass is 14.3. The first-order valence-corrected chi connectivity index (χ1v) is 15.9. The highest BCUT2D eigenvalue weighted by Crippen LogP contribution is 2.45. The van der Waals surface area contributed by atoms with E-state index in [1.807, 2.05) is 0 Å². The van der Waals surface area contributed by atoms with E-state index in [0.717, 1.165) is 0 Å². The molecule has 0 heteroatoms. The zero-order chi connectivity index (χ0) is 31.6. The summed E-state index contributed by atoms with van der Waals surface area (Å²) in [6.45, 7) is 29.2. The predicted octanol–water partition coefficient (Wildman–Crippen LogP) is 12.7. The molecule has 0 aliphatic rings. The van der Waals surface area contributed by atoms with Gasteiger partial charge in [0.2, 0.25) is 0 Å². The molecule has 0 saturated carbocycles. The van der Waals surface area contributed by atoms with Crippen LogP contribution in [0.25, 0.3) is 43.4 Å². The Kier molecular flexibility index (Phi) is 7.75. The van der Waals surface area contributed by atoms with Gasteiger partial charge in [0.15, 0.2) is 0 Å². The Bertz CT molecular complexity index is 1940. The summed E-state index contributed by atoms with van der Waals surface area (Å²) in [5.74, 6) is 0. The van der Waals surface area contributed by atoms with Crippen molar-refractivity contribution in [2.75, 3.05) is 0 Å². The SMILES string of the molecule is Cc1cc(C)c(-c2cc3cc(C(C)(C)C)cc4ccc5cc(C(C)(C)C)cc2c5c43)c(C)c1.Cc1cc(C)c(C)c(C)c1. The summed E-state index contributed by atoms with van der Waals surface area (Å²) in [5.41, 5.74) is 15.4. The minimum absolute atomic E-state index is 0.0957. The van der Waals surface area contributed by atoms with E-state index in [-0.39, 0.29) is 10.8 Å². The van der Waals surface area contributed by atoms with Crippen molar-refractivity contribution in [2.45, 2.75) is 101 Å². The van der Waals surface area contributed by atoms with E-state index in [1.165, 1.54) is 93.5 Å². The molecule has 222 valence electrons. The van der Waals surface area contributed by atoms with Gasteiger partial charge in [-0.05, 0) is 154 Å². The predicted molar refractivity (Wildman–Crippen MR) is 193 cm³/mol. The maximum atomic E-state index is 2.47. The van der Waals surface area contributed by atoms with E-state index >= 15 is 0 Å². The Morgan fingerprint density at radius 2 is 0.837 bits per heavy atom. The van der Waals surface area contributed by atoms with Crippen molar-refractivity contribution in [1.29, 1.82) is 0 Å². The molecule has 0 bridgehead atoms. The van der Waals surface area contributed by atoms with Gasteiger partial charge in [0.05, 0.1) is 0 Å². The van der Waals surface area contributed by atoms with E-state index in [9.17, 15) is 0 Å². The lowest BCUT2D eigenvalue weighted by atomic mass is 9.79. The lowest BCUT2D eigenvalue weighted by Gasteiger charge is -2.25. The van der Waals surface area contributed by atoms with Crippen molar-refractivity contribution < 1.29 is 0 Å². The largest absolute Gasteiger partial charge is 0.0561 e. The number of rotatable bonds is 1. The summed E-state index contributed by atoms with van der Waals surface area (Å²) in [5, 5.41) is 8.25. The van der Waals surface area contributed by atoms with Crippen LogP contribution in [0, 0.1) is 48.5 Å². The smallest absolute Gasteiger partial charge is 0.00204 e. The Labute approximate surface area is 260 Å². The lowest BCUT2D eigenvalue weighted by Crippen LogP contribution is -2.12. The standard InChI is InChI=1S/C33H36.C10H14/c1-19-12-20(2)29(21(3)13-19)27-17-24-16-25(32(4,5)6)14-22-10-11-23-15-26(33(7,8)9)18-28(27)31(23)30(22)24;1-7-5-8(2)10(4)9(3)6-7/h10-18H,1-9H3;5-6H,1-4H3. The van der Waals surface area contributed by atoms with Gasteiger partial charge in [0.1, 0.15) is 0 Å². The Hall–Kier alpha value is -3.64. The molecule has 0 amide bonds. The lowest BCUT2D eigenvalue weighted by molar-refractivity contribution is 0.591. The van der Waals surface area contributed by atoms with Gasteiger partial charge >= 0.3 is 0 Å². The molecule has 0 N–H and O–H groups in total. The topological polar surface area (TPSA) is 0 Å². The van der Waals surface area contributed by atoms with Crippen molar-refractivity contribution in [3.63, 3.8) is 0 Å². The summed E-state index contributed by atoms with van der Waals surface area (Å²) < 4.78 is 0. The van der Waals surface area contributed by atoms with Crippen LogP contribution in [-0.2, 0) is 10.8 Å². The zero-order valence-corrected chi connectivity index (χ0v) is 28.9. The third-order valence-electron chi connectivity index (χ3n) is 9.40. The van der Waals surface area contributed by atoms with Gasteiger partial charge in [-0.15, -0.1) is 0 Å². The second-order valence-electron chi connectivity index (χ2n) is 15.2. The quantitative estimate of drug-likeness (QED) is 0.174. The molecule has 0 atom stereocenters. The summed E-state index contributed by atoms with van der Waals surface area (Å²) in [7, 11) is 0. The van der Waals surface area contributed by atoms with Crippen LogP contribution in [0.3, 0.4) is 0 Å². The fraction of sp³-hybridized carbons (Fsp3) is 0.349. The number of hydrogen-bond donors (Lipinski definition) is 0. The van der Waals surface area contributed by atoms with Gasteiger partial charge < -0.3 is 0 Å². The molecule has 6 rings (SSSR count). The molecule has 0 radical (unpaired) electrons. The molecule has 0 fully saturated rings.